The van der Waals surface area contributed by atoms with Gasteiger partial charge in [0.05, 0.1) is 0 Å². The maximum absolute atomic E-state index is 3.68. The maximum Gasteiger partial charge on any atom is 0.0456 e. The zero-order chi connectivity index (χ0) is 20.2. The van der Waals surface area contributed by atoms with Gasteiger partial charge < -0.3 is 20.6 Å². The van der Waals surface area contributed by atoms with Gasteiger partial charge in [0, 0.05) is 34.2 Å². The predicted molar refractivity (Wildman–Crippen MR) is 126 cm³/mol. The van der Waals surface area contributed by atoms with E-state index in [0.717, 1.165) is 50.9 Å². The molecule has 2 heterocycles. The van der Waals surface area contributed by atoms with E-state index in [1.165, 1.54) is 45.8 Å². The molecular formula is C26H32N4. The van der Waals surface area contributed by atoms with Crippen LogP contribution >= 0.6 is 0 Å². The SMILES string of the molecule is c1ccc2c(CCNCC3CC(CNCCc4c[nH]c5ccccc45)C3)c[nH]c2c1. The lowest BCUT2D eigenvalue weighted by molar-refractivity contribution is 0.185. The van der Waals surface area contributed by atoms with Crippen LogP contribution in [-0.2, 0) is 12.8 Å². The Morgan fingerprint density at radius 2 is 1.13 bits per heavy atom. The second-order valence-corrected chi connectivity index (χ2v) is 8.83. The first-order valence-corrected chi connectivity index (χ1v) is 11.4. The Kier molecular flexibility index (Phi) is 5.87. The standard InChI is InChI=1S/C26H32N4/c1-3-7-25-23(5-1)21(17-29-25)9-11-27-15-19-13-20(14-19)16-28-12-10-22-18-30-26-8-4-2-6-24(22)26/h1-8,17-20,27-30H,9-16H2. The summed E-state index contributed by atoms with van der Waals surface area (Å²) in [6, 6.07) is 17.1. The number of benzene rings is 2. The van der Waals surface area contributed by atoms with E-state index in [2.05, 4.69) is 81.5 Å². The maximum atomic E-state index is 3.68. The summed E-state index contributed by atoms with van der Waals surface area (Å²) in [5.41, 5.74) is 5.33. The zero-order valence-electron chi connectivity index (χ0n) is 17.6. The number of nitrogens with one attached hydrogen (secondary N) is 4. The second kappa shape index (κ2) is 9.07. The van der Waals surface area contributed by atoms with Gasteiger partial charge in [-0.05, 0) is 87.0 Å². The van der Waals surface area contributed by atoms with Gasteiger partial charge in [0.2, 0.25) is 0 Å². The molecular weight excluding hydrogens is 368 g/mol. The Labute approximate surface area is 178 Å². The Bertz CT molecular complexity index is 1000. The number of hydrogen-bond acceptors (Lipinski definition) is 2. The summed E-state index contributed by atoms with van der Waals surface area (Å²) in [5.74, 6) is 1.71. The number of fused-ring (bicyclic) bond motifs is 2. The first kappa shape index (κ1) is 19.4. The van der Waals surface area contributed by atoms with Gasteiger partial charge in [0.15, 0.2) is 0 Å². The molecule has 156 valence electrons. The summed E-state index contributed by atoms with van der Waals surface area (Å²) in [7, 11) is 0. The summed E-state index contributed by atoms with van der Waals surface area (Å²) in [6.45, 7) is 4.44. The Morgan fingerprint density at radius 1 is 0.667 bits per heavy atom. The molecule has 2 aromatic carbocycles. The number of para-hydroxylation sites is 2. The third-order valence-electron chi connectivity index (χ3n) is 6.69. The molecule has 4 nitrogen and oxygen atoms in total. The van der Waals surface area contributed by atoms with Crippen molar-refractivity contribution < 1.29 is 0 Å². The average Bonchev–Trinajstić information content (AvgIpc) is 3.35. The van der Waals surface area contributed by atoms with Gasteiger partial charge in [-0.3, -0.25) is 0 Å². The van der Waals surface area contributed by atoms with Crippen LogP contribution in [0.1, 0.15) is 24.0 Å². The number of aromatic nitrogens is 2. The molecule has 1 aliphatic rings. The van der Waals surface area contributed by atoms with E-state index in [1.54, 1.807) is 0 Å². The molecule has 1 fully saturated rings. The van der Waals surface area contributed by atoms with Crippen LogP contribution in [0, 0.1) is 11.8 Å². The van der Waals surface area contributed by atoms with Crippen molar-refractivity contribution in [3.05, 3.63) is 72.1 Å². The minimum Gasteiger partial charge on any atom is -0.361 e. The Hall–Kier alpha value is -2.56. The van der Waals surface area contributed by atoms with Crippen LogP contribution in [0.25, 0.3) is 21.8 Å². The van der Waals surface area contributed by atoms with Crippen molar-refractivity contribution in [1.29, 1.82) is 0 Å². The highest BCUT2D eigenvalue weighted by Crippen LogP contribution is 2.32. The normalized spacial score (nSPS) is 18.8. The van der Waals surface area contributed by atoms with Crippen molar-refractivity contribution in [3.63, 3.8) is 0 Å². The number of aromatic amines is 2. The fraction of sp³-hybridized carbons (Fsp3) is 0.385. The van der Waals surface area contributed by atoms with Gasteiger partial charge in [0.25, 0.3) is 0 Å². The minimum atomic E-state index is 0.855. The molecule has 4 aromatic rings. The summed E-state index contributed by atoms with van der Waals surface area (Å²) in [5, 5.41) is 10.1. The largest absolute Gasteiger partial charge is 0.361 e. The van der Waals surface area contributed by atoms with Crippen molar-refractivity contribution in [1.82, 2.24) is 20.6 Å². The van der Waals surface area contributed by atoms with Crippen molar-refractivity contribution >= 4 is 21.8 Å². The number of H-pyrrole nitrogens is 2. The fourth-order valence-electron chi connectivity index (χ4n) is 4.94. The summed E-state index contributed by atoms with van der Waals surface area (Å²) in [6.07, 6.45) is 9.23. The van der Waals surface area contributed by atoms with Gasteiger partial charge in [-0.25, -0.2) is 0 Å². The van der Waals surface area contributed by atoms with E-state index in [9.17, 15) is 0 Å². The van der Waals surface area contributed by atoms with Crippen LogP contribution in [0.15, 0.2) is 60.9 Å². The predicted octanol–water partition coefficient (Wildman–Crippen LogP) is 4.64. The minimum absolute atomic E-state index is 0.855. The molecule has 5 rings (SSSR count). The fourth-order valence-corrected chi connectivity index (χ4v) is 4.94. The van der Waals surface area contributed by atoms with Gasteiger partial charge in [-0.2, -0.15) is 0 Å². The van der Waals surface area contributed by atoms with E-state index >= 15 is 0 Å². The van der Waals surface area contributed by atoms with Gasteiger partial charge >= 0.3 is 0 Å². The van der Waals surface area contributed by atoms with Crippen LogP contribution in [0.3, 0.4) is 0 Å². The quantitative estimate of drug-likeness (QED) is 0.293. The lowest BCUT2D eigenvalue weighted by atomic mass is 9.75. The molecule has 0 atom stereocenters. The van der Waals surface area contributed by atoms with E-state index in [1.807, 2.05) is 0 Å². The molecule has 0 saturated heterocycles. The number of hydrogen-bond donors (Lipinski definition) is 4. The first-order valence-electron chi connectivity index (χ1n) is 11.4. The molecule has 2 aromatic heterocycles. The Morgan fingerprint density at radius 3 is 1.63 bits per heavy atom. The van der Waals surface area contributed by atoms with Crippen LogP contribution in [0.2, 0.25) is 0 Å². The van der Waals surface area contributed by atoms with Crippen LogP contribution in [-0.4, -0.2) is 36.1 Å². The molecule has 4 N–H and O–H groups in total. The summed E-state index contributed by atoms with van der Waals surface area (Å²) < 4.78 is 0. The summed E-state index contributed by atoms with van der Waals surface area (Å²) >= 11 is 0. The van der Waals surface area contributed by atoms with Crippen molar-refractivity contribution in [2.45, 2.75) is 25.7 Å². The molecule has 0 unspecified atom stereocenters. The molecule has 0 spiro atoms. The lowest BCUT2D eigenvalue weighted by Crippen LogP contribution is -2.38. The highest BCUT2D eigenvalue weighted by atomic mass is 14.9. The molecule has 0 radical (unpaired) electrons. The molecule has 0 aliphatic heterocycles. The van der Waals surface area contributed by atoms with Crippen molar-refractivity contribution in [3.8, 4) is 0 Å². The van der Waals surface area contributed by atoms with E-state index < -0.39 is 0 Å². The monoisotopic (exact) mass is 400 g/mol. The van der Waals surface area contributed by atoms with Gasteiger partial charge in [0.1, 0.15) is 0 Å². The third kappa shape index (κ3) is 4.30. The molecule has 1 aliphatic carbocycles. The lowest BCUT2D eigenvalue weighted by Gasteiger charge is -2.35. The Balaban J connectivity index is 0.948. The third-order valence-corrected chi connectivity index (χ3v) is 6.69. The molecule has 30 heavy (non-hydrogen) atoms. The van der Waals surface area contributed by atoms with E-state index in [0.29, 0.717) is 0 Å². The first-order chi connectivity index (χ1) is 14.9. The van der Waals surface area contributed by atoms with Crippen LogP contribution in [0.4, 0.5) is 0 Å². The average molecular weight is 401 g/mol. The van der Waals surface area contributed by atoms with Gasteiger partial charge in [-0.15, -0.1) is 0 Å². The molecule has 0 bridgehead atoms. The van der Waals surface area contributed by atoms with E-state index in [-0.39, 0.29) is 0 Å². The number of rotatable bonds is 10. The molecule has 4 heteroatoms. The zero-order valence-corrected chi connectivity index (χ0v) is 17.6. The van der Waals surface area contributed by atoms with Crippen LogP contribution < -0.4 is 10.6 Å². The van der Waals surface area contributed by atoms with Crippen molar-refractivity contribution in [2.75, 3.05) is 26.2 Å². The molecule has 0 amide bonds. The smallest absolute Gasteiger partial charge is 0.0456 e. The van der Waals surface area contributed by atoms with E-state index in [4.69, 9.17) is 0 Å². The van der Waals surface area contributed by atoms with Gasteiger partial charge in [-0.1, -0.05) is 36.4 Å². The van der Waals surface area contributed by atoms with Crippen LogP contribution in [0.5, 0.6) is 0 Å². The summed E-state index contributed by atoms with van der Waals surface area (Å²) in [4.78, 5) is 6.74. The second-order valence-electron chi connectivity index (χ2n) is 8.83. The highest BCUT2D eigenvalue weighted by Gasteiger charge is 2.27. The molecule has 1 saturated carbocycles. The highest BCUT2D eigenvalue weighted by molar-refractivity contribution is 5.83. The van der Waals surface area contributed by atoms with Crippen molar-refractivity contribution in [2.24, 2.45) is 11.8 Å². The topological polar surface area (TPSA) is 55.6 Å².